The summed E-state index contributed by atoms with van der Waals surface area (Å²) in [6.07, 6.45) is 4.06. The van der Waals surface area contributed by atoms with Crippen LogP contribution in [-0.2, 0) is 11.3 Å². The van der Waals surface area contributed by atoms with Gasteiger partial charge < -0.3 is 14.2 Å². The van der Waals surface area contributed by atoms with E-state index in [2.05, 4.69) is 21.2 Å². The summed E-state index contributed by atoms with van der Waals surface area (Å²) in [6, 6.07) is 13.2. The fourth-order valence-electron chi connectivity index (χ4n) is 3.60. The summed E-state index contributed by atoms with van der Waals surface area (Å²) >= 11 is 7.57. The summed E-state index contributed by atoms with van der Waals surface area (Å²) in [4.78, 5) is 16.8. The van der Waals surface area contributed by atoms with Gasteiger partial charge in [0.1, 0.15) is 5.76 Å². The maximum atomic E-state index is 13.0. The summed E-state index contributed by atoms with van der Waals surface area (Å²) < 4.78 is 7.34. The van der Waals surface area contributed by atoms with Gasteiger partial charge in [-0.05, 0) is 43.2 Å². The highest BCUT2D eigenvalue weighted by Gasteiger charge is 2.24. The normalized spacial score (nSPS) is 13.3. The number of aromatic nitrogens is 3. The Labute approximate surface area is 195 Å². The molecule has 0 radical (unpaired) electrons. The van der Waals surface area contributed by atoms with Crippen LogP contribution < -0.4 is 4.90 Å². The maximum absolute atomic E-state index is 13.0. The standard InChI is InChI=1S/C22H23ClN6O2S/c23-17-6-3-7-18(14-17)29-21(27-10-1-2-11-27)25-26-22(29)32-16-20(30)28(12-5-9-24)15-19-8-4-13-31-19/h3-4,6-8,13-14H,1-2,5,10-12,15-16H2. The van der Waals surface area contributed by atoms with Crippen LogP contribution in [0.15, 0.2) is 52.2 Å². The number of carbonyl (C=O) groups is 1. The van der Waals surface area contributed by atoms with Crippen LogP contribution in [-0.4, -0.2) is 51.0 Å². The van der Waals surface area contributed by atoms with Gasteiger partial charge in [-0.1, -0.05) is 29.4 Å². The fraction of sp³-hybridized carbons (Fsp3) is 0.364. The number of rotatable bonds is 9. The number of nitrogens with zero attached hydrogens (tertiary/aromatic N) is 6. The molecule has 32 heavy (non-hydrogen) atoms. The molecular weight excluding hydrogens is 448 g/mol. The third-order valence-electron chi connectivity index (χ3n) is 5.17. The monoisotopic (exact) mass is 470 g/mol. The fourth-order valence-corrected chi connectivity index (χ4v) is 4.64. The van der Waals surface area contributed by atoms with Crippen LogP contribution in [0.1, 0.15) is 25.0 Å². The van der Waals surface area contributed by atoms with Crippen LogP contribution in [0, 0.1) is 11.3 Å². The molecule has 0 atom stereocenters. The Morgan fingerprint density at radius 1 is 1.25 bits per heavy atom. The van der Waals surface area contributed by atoms with Gasteiger partial charge in [-0.15, -0.1) is 10.2 Å². The predicted molar refractivity (Wildman–Crippen MR) is 123 cm³/mol. The second-order valence-corrected chi connectivity index (χ2v) is 8.76. The van der Waals surface area contributed by atoms with Gasteiger partial charge in [-0.3, -0.25) is 9.36 Å². The van der Waals surface area contributed by atoms with Crippen LogP contribution in [0.25, 0.3) is 5.69 Å². The molecule has 0 bridgehead atoms. The molecule has 166 valence electrons. The van der Waals surface area contributed by atoms with E-state index in [-0.39, 0.29) is 18.1 Å². The van der Waals surface area contributed by atoms with Gasteiger partial charge in [0, 0.05) is 24.7 Å². The number of carbonyl (C=O) groups excluding carboxylic acids is 1. The Hall–Kier alpha value is -2.96. The Bertz CT molecular complexity index is 1090. The van der Waals surface area contributed by atoms with Gasteiger partial charge in [-0.25, -0.2) is 0 Å². The molecule has 10 heteroatoms. The zero-order valence-electron chi connectivity index (χ0n) is 17.5. The van der Waals surface area contributed by atoms with Crippen molar-refractivity contribution in [3.8, 4) is 11.8 Å². The molecule has 1 amide bonds. The number of hydrogen-bond donors (Lipinski definition) is 0. The SMILES string of the molecule is N#CCCN(Cc1ccco1)C(=O)CSc1nnc(N2CCCC2)n1-c1cccc(Cl)c1. The zero-order chi connectivity index (χ0) is 22.3. The lowest BCUT2D eigenvalue weighted by Gasteiger charge is -2.21. The largest absolute Gasteiger partial charge is 0.467 e. The lowest BCUT2D eigenvalue weighted by Crippen LogP contribution is -2.32. The molecule has 1 aromatic carbocycles. The molecule has 0 spiro atoms. The first kappa shape index (κ1) is 22.2. The van der Waals surface area contributed by atoms with Gasteiger partial charge in [0.15, 0.2) is 5.16 Å². The first-order valence-corrected chi connectivity index (χ1v) is 11.8. The van der Waals surface area contributed by atoms with Crippen LogP contribution in [0.5, 0.6) is 0 Å². The minimum absolute atomic E-state index is 0.0926. The van der Waals surface area contributed by atoms with E-state index in [9.17, 15) is 4.79 Å². The third-order valence-corrected chi connectivity index (χ3v) is 6.32. The Morgan fingerprint density at radius 2 is 2.09 bits per heavy atom. The van der Waals surface area contributed by atoms with E-state index >= 15 is 0 Å². The minimum atomic E-state index is -0.0926. The van der Waals surface area contributed by atoms with Crippen molar-refractivity contribution in [1.82, 2.24) is 19.7 Å². The van der Waals surface area contributed by atoms with E-state index in [1.54, 1.807) is 17.2 Å². The number of amides is 1. The molecule has 0 aliphatic carbocycles. The van der Waals surface area contributed by atoms with E-state index in [0.717, 1.165) is 37.6 Å². The van der Waals surface area contributed by atoms with Crippen molar-refractivity contribution in [2.45, 2.75) is 31.0 Å². The topological polar surface area (TPSA) is 91.2 Å². The average molecular weight is 471 g/mol. The molecule has 2 aromatic heterocycles. The van der Waals surface area contributed by atoms with Crippen molar-refractivity contribution in [1.29, 1.82) is 5.26 Å². The molecule has 1 saturated heterocycles. The summed E-state index contributed by atoms with van der Waals surface area (Å²) in [6.45, 7) is 2.52. The smallest absolute Gasteiger partial charge is 0.233 e. The quantitative estimate of drug-likeness (QED) is 0.434. The van der Waals surface area contributed by atoms with E-state index in [4.69, 9.17) is 21.3 Å². The highest BCUT2D eigenvalue weighted by molar-refractivity contribution is 7.99. The third kappa shape index (κ3) is 5.26. The van der Waals surface area contributed by atoms with Gasteiger partial charge >= 0.3 is 0 Å². The summed E-state index contributed by atoms with van der Waals surface area (Å²) in [5.74, 6) is 1.52. The van der Waals surface area contributed by atoms with Crippen molar-refractivity contribution in [2.24, 2.45) is 0 Å². The van der Waals surface area contributed by atoms with Gasteiger partial charge in [0.2, 0.25) is 11.9 Å². The number of hydrogen-bond acceptors (Lipinski definition) is 7. The van der Waals surface area contributed by atoms with Gasteiger partial charge in [-0.2, -0.15) is 5.26 Å². The van der Waals surface area contributed by atoms with Gasteiger partial charge in [0.25, 0.3) is 0 Å². The molecule has 0 unspecified atom stereocenters. The van der Waals surface area contributed by atoms with Gasteiger partial charge in [0.05, 0.1) is 36.7 Å². The second kappa shape index (κ2) is 10.6. The first-order valence-electron chi connectivity index (χ1n) is 10.4. The number of furan rings is 1. The molecule has 1 fully saturated rings. The number of anilines is 1. The number of thioether (sulfide) groups is 1. The van der Waals surface area contributed by atoms with Crippen molar-refractivity contribution in [2.75, 3.05) is 30.3 Å². The number of nitriles is 1. The molecule has 1 aliphatic rings. The number of benzene rings is 1. The van der Waals surface area contributed by atoms with Crippen LogP contribution in [0.3, 0.4) is 0 Å². The Kier molecular flexibility index (Phi) is 7.35. The Balaban J connectivity index is 1.54. The lowest BCUT2D eigenvalue weighted by molar-refractivity contribution is -0.129. The highest BCUT2D eigenvalue weighted by Crippen LogP contribution is 2.29. The van der Waals surface area contributed by atoms with E-state index in [1.807, 2.05) is 34.9 Å². The van der Waals surface area contributed by atoms with E-state index in [0.29, 0.717) is 29.0 Å². The van der Waals surface area contributed by atoms with E-state index < -0.39 is 0 Å². The molecule has 0 N–H and O–H groups in total. The number of halogens is 1. The molecule has 1 aliphatic heterocycles. The van der Waals surface area contributed by atoms with Crippen molar-refractivity contribution < 1.29 is 9.21 Å². The summed E-state index contributed by atoms with van der Waals surface area (Å²) in [7, 11) is 0. The molecular formula is C22H23ClN6O2S. The average Bonchev–Trinajstić information content (AvgIpc) is 3.56. The molecule has 0 saturated carbocycles. The molecule has 3 aromatic rings. The lowest BCUT2D eigenvalue weighted by atomic mass is 10.3. The molecule has 8 nitrogen and oxygen atoms in total. The molecule has 3 heterocycles. The van der Waals surface area contributed by atoms with E-state index in [1.165, 1.54) is 11.8 Å². The van der Waals surface area contributed by atoms with Crippen LogP contribution in [0.4, 0.5) is 5.95 Å². The highest BCUT2D eigenvalue weighted by atomic mass is 35.5. The first-order chi connectivity index (χ1) is 15.7. The Morgan fingerprint density at radius 3 is 2.81 bits per heavy atom. The maximum Gasteiger partial charge on any atom is 0.233 e. The van der Waals surface area contributed by atoms with Crippen molar-refractivity contribution in [3.63, 3.8) is 0 Å². The van der Waals surface area contributed by atoms with Crippen molar-refractivity contribution in [3.05, 3.63) is 53.4 Å². The molecule has 4 rings (SSSR count). The predicted octanol–water partition coefficient (Wildman–Crippen LogP) is 4.15. The summed E-state index contributed by atoms with van der Waals surface area (Å²) in [5, 5.41) is 19.0. The van der Waals surface area contributed by atoms with Crippen molar-refractivity contribution >= 4 is 35.2 Å². The van der Waals surface area contributed by atoms with Crippen LogP contribution in [0.2, 0.25) is 5.02 Å². The second-order valence-electron chi connectivity index (χ2n) is 7.38. The van der Waals surface area contributed by atoms with Crippen LogP contribution >= 0.6 is 23.4 Å². The minimum Gasteiger partial charge on any atom is -0.467 e. The summed E-state index contributed by atoms with van der Waals surface area (Å²) in [5.41, 5.74) is 0.858. The zero-order valence-corrected chi connectivity index (χ0v) is 19.1.